The van der Waals surface area contributed by atoms with Crippen molar-refractivity contribution in [2.75, 3.05) is 19.2 Å². The maximum absolute atomic E-state index is 5.76. The SMILES string of the molecule is CON(C)c1cccc(Cl)c1. The van der Waals surface area contributed by atoms with Gasteiger partial charge in [-0.2, -0.15) is 0 Å². The first-order valence-electron chi connectivity index (χ1n) is 3.27. The maximum atomic E-state index is 5.76. The van der Waals surface area contributed by atoms with Crippen LogP contribution in [0, 0.1) is 0 Å². The van der Waals surface area contributed by atoms with E-state index in [1.807, 2.05) is 31.3 Å². The van der Waals surface area contributed by atoms with E-state index in [0.717, 1.165) is 5.69 Å². The van der Waals surface area contributed by atoms with Crippen molar-refractivity contribution in [2.45, 2.75) is 0 Å². The lowest BCUT2D eigenvalue weighted by Gasteiger charge is -2.15. The van der Waals surface area contributed by atoms with Gasteiger partial charge < -0.3 is 0 Å². The zero-order chi connectivity index (χ0) is 8.27. The molecule has 60 valence electrons. The van der Waals surface area contributed by atoms with Gasteiger partial charge in [-0.25, -0.2) is 0 Å². The molecule has 0 saturated heterocycles. The zero-order valence-electron chi connectivity index (χ0n) is 6.54. The minimum absolute atomic E-state index is 0.714. The summed E-state index contributed by atoms with van der Waals surface area (Å²) in [7, 11) is 3.44. The van der Waals surface area contributed by atoms with Crippen LogP contribution in [0.25, 0.3) is 0 Å². The molecule has 0 radical (unpaired) electrons. The average Bonchev–Trinajstić information content (AvgIpc) is 2.03. The second kappa shape index (κ2) is 3.60. The lowest BCUT2D eigenvalue weighted by molar-refractivity contribution is 0.185. The van der Waals surface area contributed by atoms with E-state index in [-0.39, 0.29) is 0 Å². The first-order chi connectivity index (χ1) is 5.24. The van der Waals surface area contributed by atoms with Crippen molar-refractivity contribution in [3.05, 3.63) is 29.3 Å². The van der Waals surface area contributed by atoms with E-state index in [1.54, 1.807) is 12.2 Å². The smallest absolute Gasteiger partial charge is 0.0647 e. The summed E-state index contributed by atoms with van der Waals surface area (Å²) < 4.78 is 0. The number of rotatable bonds is 2. The highest BCUT2D eigenvalue weighted by Crippen LogP contribution is 2.17. The van der Waals surface area contributed by atoms with Crippen LogP contribution < -0.4 is 5.06 Å². The fourth-order valence-corrected chi connectivity index (χ4v) is 0.962. The van der Waals surface area contributed by atoms with Crippen LogP contribution in [0.3, 0.4) is 0 Å². The standard InChI is InChI=1S/C8H10ClNO/c1-10(11-2)8-5-3-4-7(9)6-8/h3-6H,1-2H3. The minimum atomic E-state index is 0.714. The summed E-state index contributed by atoms with van der Waals surface area (Å²) in [5.74, 6) is 0. The van der Waals surface area contributed by atoms with Crippen LogP contribution >= 0.6 is 11.6 Å². The van der Waals surface area contributed by atoms with Gasteiger partial charge in [0, 0.05) is 12.1 Å². The fraction of sp³-hybridized carbons (Fsp3) is 0.250. The Morgan fingerprint density at radius 3 is 2.73 bits per heavy atom. The molecule has 1 aromatic carbocycles. The first kappa shape index (κ1) is 8.37. The van der Waals surface area contributed by atoms with Crippen LogP contribution in [0.1, 0.15) is 0 Å². The van der Waals surface area contributed by atoms with Crippen molar-refractivity contribution in [2.24, 2.45) is 0 Å². The van der Waals surface area contributed by atoms with E-state index in [0.29, 0.717) is 5.02 Å². The van der Waals surface area contributed by atoms with Gasteiger partial charge in [0.05, 0.1) is 12.8 Å². The number of anilines is 1. The van der Waals surface area contributed by atoms with Crippen LogP contribution in [-0.4, -0.2) is 14.2 Å². The van der Waals surface area contributed by atoms with Crippen molar-refractivity contribution in [3.63, 3.8) is 0 Å². The molecule has 0 saturated carbocycles. The van der Waals surface area contributed by atoms with Gasteiger partial charge in [-0.3, -0.25) is 9.90 Å². The zero-order valence-corrected chi connectivity index (χ0v) is 7.30. The minimum Gasteiger partial charge on any atom is -0.277 e. The molecule has 0 aromatic heterocycles. The van der Waals surface area contributed by atoms with E-state index < -0.39 is 0 Å². The van der Waals surface area contributed by atoms with E-state index in [2.05, 4.69) is 0 Å². The molecule has 1 rings (SSSR count). The van der Waals surface area contributed by atoms with Crippen LogP contribution in [0.2, 0.25) is 5.02 Å². The number of benzene rings is 1. The molecule has 3 heteroatoms. The van der Waals surface area contributed by atoms with Crippen molar-refractivity contribution >= 4 is 17.3 Å². The van der Waals surface area contributed by atoms with Gasteiger partial charge in [0.1, 0.15) is 0 Å². The molecular formula is C8H10ClNO. The number of halogens is 1. The van der Waals surface area contributed by atoms with Gasteiger partial charge in [0.15, 0.2) is 0 Å². The highest BCUT2D eigenvalue weighted by molar-refractivity contribution is 6.30. The Balaban J connectivity index is 2.86. The lowest BCUT2D eigenvalue weighted by atomic mass is 10.3. The Morgan fingerprint density at radius 2 is 2.18 bits per heavy atom. The van der Waals surface area contributed by atoms with Crippen molar-refractivity contribution in [1.29, 1.82) is 0 Å². The van der Waals surface area contributed by atoms with Crippen molar-refractivity contribution in [1.82, 2.24) is 0 Å². The molecule has 0 spiro atoms. The second-order valence-corrected chi connectivity index (χ2v) is 2.60. The Hall–Kier alpha value is -0.730. The molecule has 0 bridgehead atoms. The molecule has 0 unspecified atom stereocenters. The molecule has 0 aliphatic rings. The Bertz CT molecular complexity index is 239. The summed E-state index contributed by atoms with van der Waals surface area (Å²) in [6.07, 6.45) is 0. The van der Waals surface area contributed by atoms with E-state index in [9.17, 15) is 0 Å². The third-order valence-electron chi connectivity index (χ3n) is 1.45. The quantitative estimate of drug-likeness (QED) is 0.634. The molecule has 0 atom stereocenters. The van der Waals surface area contributed by atoms with E-state index in [1.165, 1.54) is 0 Å². The number of hydrogen-bond acceptors (Lipinski definition) is 2. The summed E-state index contributed by atoms with van der Waals surface area (Å²) in [6, 6.07) is 7.47. The van der Waals surface area contributed by atoms with Gasteiger partial charge in [0.2, 0.25) is 0 Å². The molecule has 0 heterocycles. The first-order valence-corrected chi connectivity index (χ1v) is 3.65. The van der Waals surface area contributed by atoms with Gasteiger partial charge in [-0.1, -0.05) is 17.7 Å². The Labute approximate surface area is 71.3 Å². The molecule has 0 aliphatic heterocycles. The van der Waals surface area contributed by atoms with Gasteiger partial charge in [0.25, 0.3) is 0 Å². The molecular weight excluding hydrogens is 162 g/mol. The van der Waals surface area contributed by atoms with E-state index >= 15 is 0 Å². The van der Waals surface area contributed by atoms with Gasteiger partial charge in [-0.15, -0.1) is 0 Å². The third-order valence-corrected chi connectivity index (χ3v) is 1.68. The maximum Gasteiger partial charge on any atom is 0.0647 e. The molecule has 11 heavy (non-hydrogen) atoms. The normalized spacial score (nSPS) is 9.73. The predicted molar refractivity (Wildman–Crippen MR) is 46.9 cm³/mol. The van der Waals surface area contributed by atoms with E-state index in [4.69, 9.17) is 16.4 Å². The second-order valence-electron chi connectivity index (χ2n) is 2.16. The van der Waals surface area contributed by atoms with Crippen LogP contribution in [0.5, 0.6) is 0 Å². The number of nitrogens with zero attached hydrogens (tertiary/aromatic N) is 1. The van der Waals surface area contributed by atoms with Crippen molar-refractivity contribution < 1.29 is 4.84 Å². The largest absolute Gasteiger partial charge is 0.277 e. The summed E-state index contributed by atoms with van der Waals surface area (Å²) in [4.78, 5) is 4.97. The predicted octanol–water partition coefficient (Wildman–Crippen LogP) is 2.34. The van der Waals surface area contributed by atoms with Crippen LogP contribution in [-0.2, 0) is 4.84 Å². The molecule has 0 N–H and O–H groups in total. The molecule has 1 aromatic rings. The Kier molecular flexibility index (Phi) is 2.74. The van der Waals surface area contributed by atoms with Gasteiger partial charge >= 0.3 is 0 Å². The third kappa shape index (κ3) is 2.10. The topological polar surface area (TPSA) is 12.5 Å². The molecule has 0 amide bonds. The monoisotopic (exact) mass is 171 g/mol. The summed E-state index contributed by atoms with van der Waals surface area (Å²) in [5, 5.41) is 2.36. The molecule has 0 fully saturated rings. The highest BCUT2D eigenvalue weighted by Gasteiger charge is 1.97. The number of hydrogen-bond donors (Lipinski definition) is 0. The van der Waals surface area contributed by atoms with Gasteiger partial charge in [-0.05, 0) is 18.2 Å². The number of hydroxylamine groups is 1. The average molecular weight is 172 g/mol. The van der Waals surface area contributed by atoms with Crippen molar-refractivity contribution in [3.8, 4) is 0 Å². The molecule has 0 aliphatic carbocycles. The Morgan fingerprint density at radius 1 is 1.45 bits per heavy atom. The van der Waals surface area contributed by atoms with Crippen LogP contribution in [0.4, 0.5) is 5.69 Å². The summed E-state index contributed by atoms with van der Waals surface area (Å²) >= 11 is 5.76. The lowest BCUT2D eigenvalue weighted by Crippen LogP contribution is -2.14. The van der Waals surface area contributed by atoms with Crippen LogP contribution in [0.15, 0.2) is 24.3 Å². The molecule has 2 nitrogen and oxygen atoms in total. The highest BCUT2D eigenvalue weighted by atomic mass is 35.5. The fourth-order valence-electron chi connectivity index (χ4n) is 0.777. The summed E-state index contributed by atoms with van der Waals surface area (Å²) in [5.41, 5.74) is 0.944. The summed E-state index contributed by atoms with van der Waals surface area (Å²) in [6.45, 7) is 0.